The number of hydrogen-bond acceptors (Lipinski definition) is 7. The second-order valence-corrected chi connectivity index (χ2v) is 4.49. The van der Waals surface area contributed by atoms with Crippen molar-refractivity contribution in [3.63, 3.8) is 0 Å². The van der Waals surface area contributed by atoms with Gasteiger partial charge in [0.1, 0.15) is 0 Å². The lowest BCUT2D eigenvalue weighted by Gasteiger charge is -2.20. The van der Waals surface area contributed by atoms with Crippen molar-refractivity contribution in [2.75, 3.05) is 48.8 Å². The maximum Gasteiger partial charge on any atom is 0.231 e. The third-order valence-corrected chi connectivity index (χ3v) is 3.01. The van der Waals surface area contributed by atoms with Crippen molar-refractivity contribution in [1.29, 1.82) is 0 Å². The fourth-order valence-corrected chi connectivity index (χ4v) is 2.01. The first-order valence-corrected chi connectivity index (χ1v) is 6.29. The summed E-state index contributed by atoms with van der Waals surface area (Å²) in [5, 5.41) is 8.83. The van der Waals surface area contributed by atoms with Crippen LogP contribution in [0.15, 0.2) is 0 Å². The summed E-state index contributed by atoms with van der Waals surface area (Å²) in [5.41, 5.74) is 5.73. The second kappa shape index (κ2) is 5.81. The van der Waals surface area contributed by atoms with E-state index in [2.05, 4.69) is 19.9 Å². The smallest absolute Gasteiger partial charge is 0.231 e. The lowest BCUT2D eigenvalue weighted by molar-refractivity contribution is 0.290. The van der Waals surface area contributed by atoms with Gasteiger partial charge in [0, 0.05) is 33.3 Å². The largest absolute Gasteiger partial charge is 0.396 e. The van der Waals surface area contributed by atoms with E-state index < -0.39 is 0 Å². The van der Waals surface area contributed by atoms with Crippen LogP contribution in [0, 0.1) is 0 Å². The molecule has 1 aromatic heterocycles. The van der Waals surface area contributed by atoms with Crippen LogP contribution < -0.4 is 15.5 Å². The average molecular weight is 252 g/mol. The number of nitrogens with zero attached hydrogens (tertiary/aromatic N) is 5. The van der Waals surface area contributed by atoms with Crippen LogP contribution in [-0.2, 0) is 0 Å². The predicted octanol–water partition coefficient (Wildman–Crippen LogP) is -0.127. The zero-order valence-corrected chi connectivity index (χ0v) is 10.7. The number of aromatic nitrogens is 3. The highest BCUT2D eigenvalue weighted by Crippen LogP contribution is 2.18. The molecule has 0 amide bonds. The van der Waals surface area contributed by atoms with Gasteiger partial charge in [0.25, 0.3) is 0 Å². The molecule has 1 aliphatic heterocycles. The maximum absolute atomic E-state index is 8.83. The highest BCUT2D eigenvalue weighted by molar-refractivity contribution is 5.43. The lowest BCUT2D eigenvalue weighted by Crippen LogP contribution is -2.26. The molecule has 0 atom stereocenters. The van der Waals surface area contributed by atoms with Crippen molar-refractivity contribution in [2.24, 2.45) is 0 Å². The van der Waals surface area contributed by atoms with Gasteiger partial charge in [-0.05, 0) is 19.3 Å². The number of aliphatic hydroxyl groups is 1. The predicted molar refractivity (Wildman–Crippen MR) is 70.7 cm³/mol. The van der Waals surface area contributed by atoms with E-state index in [-0.39, 0.29) is 12.6 Å². The minimum atomic E-state index is 0.157. The molecule has 1 aromatic rings. The van der Waals surface area contributed by atoms with Crippen molar-refractivity contribution < 1.29 is 5.11 Å². The summed E-state index contributed by atoms with van der Waals surface area (Å²) in [7, 11) is 1.89. The standard InChI is InChI=1S/C11H20N6O/c1-16(5-4-8-18)10-13-9(12)14-11(15-10)17-6-2-3-7-17/h18H,2-8H2,1H3,(H2,12,13,14,15). The van der Waals surface area contributed by atoms with Crippen molar-refractivity contribution in [3.8, 4) is 0 Å². The molecule has 7 heteroatoms. The molecule has 0 unspecified atom stereocenters. The first-order chi connectivity index (χ1) is 8.70. The molecule has 2 heterocycles. The summed E-state index contributed by atoms with van der Waals surface area (Å²) in [6.07, 6.45) is 3.02. The third kappa shape index (κ3) is 2.98. The number of rotatable bonds is 5. The number of hydrogen-bond donors (Lipinski definition) is 2. The van der Waals surface area contributed by atoms with Crippen LogP contribution in [-0.4, -0.2) is 53.3 Å². The maximum atomic E-state index is 8.83. The van der Waals surface area contributed by atoms with E-state index in [9.17, 15) is 0 Å². The summed E-state index contributed by atoms with van der Waals surface area (Å²) in [6, 6.07) is 0. The Kier molecular flexibility index (Phi) is 4.14. The zero-order chi connectivity index (χ0) is 13.0. The van der Waals surface area contributed by atoms with E-state index in [4.69, 9.17) is 10.8 Å². The fourth-order valence-electron chi connectivity index (χ4n) is 2.01. The van der Waals surface area contributed by atoms with Gasteiger partial charge in [-0.15, -0.1) is 0 Å². The van der Waals surface area contributed by atoms with E-state index in [1.807, 2.05) is 11.9 Å². The Morgan fingerprint density at radius 2 is 2.00 bits per heavy atom. The Morgan fingerprint density at radius 1 is 1.28 bits per heavy atom. The molecule has 0 radical (unpaired) electrons. The third-order valence-electron chi connectivity index (χ3n) is 3.01. The van der Waals surface area contributed by atoms with Gasteiger partial charge in [-0.2, -0.15) is 15.0 Å². The first kappa shape index (κ1) is 12.8. The van der Waals surface area contributed by atoms with Crippen LogP contribution in [0.2, 0.25) is 0 Å². The molecule has 0 spiro atoms. The van der Waals surface area contributed by atoms with E-state index in [1.54, 1.807) is 0 Å². The highest BCUT2D eigenvalue weighted by atomic mass is 16.3. The van der Waals surface area contributed by atoms with Crippen LogP contribution in [0.3, 0.4) is 0 Å². The monoisotopic (exact) mass is 252 g/mol. The van der Waals surface area contributed by atoms with Crippen molar-refractivity contribution in [2.45, 2.75) is 19.3 Å². The van der Waals surface area contributed by atoms with E-state index in [1.165, 1.54) is 12.8 Å². The summed E-state index contributed by atoms with van der Waals surface area (Å²) in [6.45, 7) is 2.80. The molecule has 100 valence electrons. The number of nitrogens with two attached hydrogens (primary N) is 1. The van der Waals surface area contributed by atoms with Gasteiger partial charge < -0.3 is 20.6 Å². The van der Waals surface area contributed by atoms with Crippen LogP contribution >= 0.6 is 0 Å². The topological polar surface area (TPSA) is 91.4 Å². The Labute approximate surface area is 107 Å². The van der Waals surface area contributed by atoms with Crippen LogP contribution in [0.4, 0.5) is 17.8 Å². The molecule has 0 aliphatic carbocycles. The lowest BCUT2D eigenvalue weighted by atomic mass is 10.4. The zero-order valence-electron chi connectivity index (χ0n) is 10.7. The summed E-state index contributed by atoms with van der Waals surface area (Å²) < 4.78 is 0. The Morgan fingerprint density at radius 3 is 2.67 bits per heavy atom. The van der Waals surface area contributed by atoms with Gasteiger partial charge in [-0.3, -0.25) is 0 Å². The normalized spacial score (nSPS) is 15.1. The first-order valence-electron chi connectivity index (χ1n) is 6.29. The Hall–Kier alpha value is -1.63. The van der Waals surface area contributed by atoms with Gasteiger partial charge in [0.05, 0.1) is 0 Å². The van der Waals surface area contributed by atoms with Crippen molar-refractivity contribution in [1.82, 2.24) is 15.0 Å². The van der Waals surface area contributed by atoms with Crippen LogP contribution in [0.5, 0.6) is 0 Å². The van der Waals surface area contributed by atoms with Gasteiger partial charge in [-0.25, -0.2) is 0 Å². The highest BCUT2D eigenvalue weighted by Gasteiger charge is 2.17. The molecule has 2 rings (SSSR count). The van der Waals surface area contributed by atoms with E-state index in [0.717, 1.165) is 13.1 Å². The minimum absolute atomic E-state index is 0.157. The molecule has 1 saturated heterocycles. The Balaban J connectivity index is 2.14. The van der Waals surface area contributed by atoms with Crippen molar-refractivity contribution in [3.05, 3.63) is 0 Å². The summed E-state index contributed by atoms with van der Waals surface area (Å²) >= 11 is 0. The molecule has 0 bridgehead atoms. The van der Waals surface area contributed by atoms with Crippen molar-refractivity contribution >= 4 is 17.8 Å². The van der Waals surface area contributed by atoms with Gasteiger partial charge >= 0.3 is 0 Å². The molecular weight excluding hydrogens is 232 g/mol. The molecular formula is C11H20N6O. The number of aliphatic hydroxyl groups excluding tert-OH is 1. The Bertz CT molecular complexity index is 393. The molecule has 7 nitrogen and oxygen atoms in total. The van der Waals surface area contributed by atoms with E-state index in [0.29, 0.717) is 24.9 Å². The molecule has 1 fully saturated rings. The molecule has 3 N–H and O–H groups in total. The van der Waals surface area contributed by atoms with E-state index >= 15 is 0 Å². The van der Waals surface area contributed by atoms with Gasteiger partial charge in [0.2, 0.25) is 17.8 Å². The van der Waals surface area contributed by atoms with Gasteiger partial charge in [-0.1, -0.05) is 0 Å². The van der Waals surface area contributed by atoms with Crippen LogP contribution in [0.1, 0.15) is 19.3 Å². The number of nitrogen functional groups attached to an aromatic ring is 1. The quantitative estimate of drug-likeness (QED) is 0.754. The summed E-state index contributed by atoms with van der Waals surface area (Å²) in [5.74, 6) is 1.47. The van der Waals surface area contributed by atoms with Gasteiger partial charge in [0.15, 0.2) is 0 Å². The molecule has 1 aliphatic rings. The van der Waals surface area contributed by atoms with Crippen LogP contribution in [0.25, 0.3) is 0 Å². The number of anilines is 3. The average Bonchev–Trinajstić information content (AvgIpc) is 2.89. The molecule has 0 saturated carbocycles. The fraction of sp³-hybridized carbons (Fsp3) is 0.727. The minimum Gasteiger partial charge on any atom is -0.396 e. The molecule has 0 aromatic carbocycles. The second-order valence-electron chi connectivity index (χ2n) is 4.49. The molecule has 18 heavy (non-hydrogen) atoms. The summed E-state index contributed by atoms with van der Waals surface area (Å²) in [4.78, 5) is 16.8. The SMILES string of the molecule is CN(CCCO)c1nc(N)nc(N2CCCC2)n1.